The molecule has 138 valence electrons. The lowest BCUT2D eigenvalue weighted by Crippen LogP contribution is -2.35. The molecule has 0 heterocycles. The summed E-state index contributed by atoms with van der Waals surface area (Å²) in [5.41, 5.74) is 1.24. The van der Waals surface area contributed by atoms with Crippen LogP contribution < -0.4 is 5.32 Å². The van der Waals surface area contributed by atoms with E-state index >= 15 is 0 Å². The van der Waals surface area contributed by atoms with Crippen LogP contribution in [0.1, 0.15) is 52.5 Å². The average molecular weight is 344 g/mol. The molecule has 3 heteroatoms. The number of carbonyl (C=O) groups excluding carboxylic acids is 1. The van der Waals surface area contributed by atoms with Gasteiger partial charge in [0.2, 0.25) is 0 Å². The molecule has 3 nitrogen and oxygen atoms in total. The molecule has 0 bridgehead atoms. The predicted molar refractivity (Wildman–Crippen MR) is 103 cm³/mol. The van der Waals surface area contributed by atoms with Crippen molar-refractivity contribution in [2.45, 2.75) is 65.6 Å². The van der Waals surface area contributed by atoms with Crippen molar-refractivity contribution in [2.24, 2.45) is 17.8 Å². The van der Waals surface area contributed by atoms with Gasteiger partial charge in [-0.25, -0.2) is 4.79 Å². The van der Waals surface area contributed by atoms with Gasteiger partial charge in [-0.15, -0.1) is 0 Å². The maximum Gasteiger partial charge on any atom is 0.330 e. The van der Waals surface area contributed by atoms with Gasteiger partial charge < -0.3 is 10.1 Å². The molecule has 4 atom stereocenters. The Hall–Kier alpha value is -1.61. The molecule has 1 saturated carbocycles. The molecule has 0 aliphatic heterocycles. The van der Waals surface area contributed by atoms with Gasteiger partial charge in [0.05, 0.1) is 0 Å². The molecule has 0 radical (unpaired) electrons. The zero-order valence-corrected chi connectivity index (χ0v) is 16.1. The molecule has 1 fully saturated rings. The first-order valence-electron chi connectivity index (χ1n) is 9.61. The maximum atomic E-state index is 12.2. The Labute approximate surface area is 152 Å². The fourth-order valence-electron chi connectivity index (χ4n) is 3.60. The van der Waals surface area contributed by atoms with Crippen molar-refractivity contribution in [2.75, 3.05) is 0 Å². The van der Waals surface area contributed by atoms with Crippen LogP contribution in [0, 0.1) is 17.8 Å². The second-order valence-corrected chi connectivity index (χ2v) is 7.82. The Morgan fingerprint density at radius 2 is 1.96 bits per heavy atom. The quantitative estimate of drug-likeness (QED) is 0.575. The number of benzene rings is 1. The number of hydrogen-bond donors (Lipinski definition) is 1. The molecule has 1 aromatic rings. The van der Waals surface area contributed by atoms with Crippen molar-refractivity contribution in [3.8, 4) is 0 Å². The first-order chi connectivity index (χ1) is 12.0. The van der Waals surface area contributed by atoms with Crippen molar-refractivity contribution in [3.63, 3.8) is 0 Å². The predicted octanol–water partition coefficient (Wildman–Crippen LogP) is 4.72. The van der Waals surface area contributed by atoms with Crippen molar-refractivity contribution >= 4 is 5.97 Å². The third-order valence-electron chi connectivity index (χ3n) is 5.22. The Balaban J connectivity index is 1.80. The van der Waals surface area contributed by atoms with Crippen LogP contribution >= 0.6 is 0 Å². The van der Waals surface area contributed by atoms with Crippen molar-refractivity contribution in [1.82, 2.24) is 5.32 Å². The van der Waals surface area contributed by atoms with E-state index in [0.717, 1.165) is 19.4 Å². The van der Waals surface area contributed by atoms with Crippen molar-refractivity contribution < 1.29 is 9.53 Å². The third kappa shape index (κ3) is 6.66. The van der Waals surface area contributed by atoms with E-state index in [-0.39, 0.29) is 18.1 Å². The van der Waals surface area contributed by atoms with E-state index in [1.165, 1.54) is 12.0 Å². The molecule has 1 aliphatic rings. The molecule has 1 aliphatic carbocycles. The largest absolute Gasteiger partial charge is 0.459 e. The minimum absolute atomic E-state index is 0.0634. The van der Waals surface area contributed by atoms with Crippen molar-refractivity contribution in [1.29, 1.82) is 0 Å². The van der Waals surface area contributed by atoms with Gasteiger partial charge in [-0.2, -0.15) is 0 Å². The number of nitrogens with one attached hydrogen (secondary N) is 1. The summed E-state index contributed by atoms with van der Waals surface area (Å²) < 4.78 is 5.80. The summed E-state index contributed by atoms with van der Waals surface area (Å²) >= 11 is 0. The van der Waals surface area contributed by atoms with Crippen LogP contribution in [0.2, 0.25) is 0 Å². The van der Waals surface area contributed by atoms with Gasteiger partial charge in [-0.05, 0) is 43.1 Å². The first-order valence-corrected chi connectivity index (χ1v) is 9.61. The summed E-state index contributed by atoms with van der Waals surface area (Å²) in [6.07, 6.45) is 6.93. The van der Waals surface area contributed by atoms with Crippen LogP contribution in [0.25, 0.3) is 0 Å². The smallest absolute Gasteiger partial charge is 0.330 e. The molecule has 2 rings (SSSR count). The monoisotopic (exact) mass is 343 g/mol. The highest BCUT2D eigenvalue weighted by Gasteiger charge is 2.32. The highest BCUT2D eigenvalue weighted by Crippen LogP contribution is 2.35. The summed E-state index contributed by atoms with van der Waals surface area (Å²) in [7, 11) is 0. The molecule has 0 amide bonds. The van der Waals surface area contributed by atoms with Gasteiger partial charge in [0, 0.05) is 18.7 Å². The molecule has 1 aromatic carbocycles. The second-order valence-electron chi connectivity index (χ2n) is 7.82. The van der Waals surface area contributed by atoms with E-state index in [4.69, 9.17) is 4.74 Å². The molecule has 25 heavy (non-hydrogen) atoms. The van der Waals surface area contributed by atoms with Crippen LogP contribution in [-0.4, -0.2) is 18.1 Å². The SMILES string of the molecule is CC1CCC(C(C)C)C(OC(=O)/C=C/[C@H](C)NCc2ccccc2)C1. The van der Waals surface area contributed by atoms with Crippen LogP contribution in [0.3, 0.4) is 0 Å². The Morgan fingerprint density at radius 1 is 1.24 bits per heavy atom. The lowest BCUT2D eigenvalue weighted by atomic mass is 9.75. The fourth-order valence-corrected chi connectivity index (χ4v) is 3.60. The Kier molecular flexibility index (Phi) is 7.70. The standard InChI is InChI=1S/C22H33NO2/c1-16(2)20-12-10-17(3)14-21(20)25-22(24)13-11-18(4)23-15-19-8-6-5-7-9-19/h5-9,11,13,16-18,20-21,23H,10,12,14-15H2,1-4H3/b13-11+/t17?,18-,20?,21?/m0/s1. The Morgan fingerprint density at radius 3 is 2.64 bits per heavy atom. The third-order valence-corrected chi connectivity index (χ3v) is 5.22. The van der Waals surface area contributed by atoms with E-state index in [9.17, 15) is 4.79 Å². The topological polar surface area (TPSA) is 38.3 Å². The van der Waals surface area contributed by atoms with Crippen LogP contribution in [-0.2, 0) is 16.1 Å². The molecular weight excluding hydrogens is 310 g/mol. The van der Waals surface area contributed by atoms with Gasteiger partial charge >= 0.3 is 5.97 Å². The molecule has 0 spiro atoms. The lowest BCUT2D eigenvalue weighted by Gasteiger charge is -2.36. The zero-order chi connectivity index (χ0) is 18.2. The second kappa shape index (κ2) is 9.76. The summed E-state index contributed by atoms with van der Waals surface area (Å²) in [5, 5.41) is 3.40. The van der Waals surface area contributed by atoms with E-state index in [2.05, 4.69) is 38.2 Å². The summed E-state index contributed by atoms with van der Waals surface area (Å²) in [6.45, 7) is 9.55. The van der Waals surface area contributed by atoms with Crippen LogP contribution in [0.15, 0.2) is 42.5 Å². The average Bonchev–Trinajstić information content (AvgIpc) is 2.59. The maximum absolute atomic E-state index is 12.2. The number of esters is 1. The lowest BCUT2D eigenvalue weighted by molar-refractivity contribution is -0.149. The van der Waals surface area contributed by atoms with Crippen LogP contribution in [0.4, 0.5) is 0 Å². The first kappa shape index (κ1) is 19.7. The summed E-state index contributed by atoms with van der Waals surface area (Å²) in [5.74, 6) is 1.48. The fraction of sp³-hybridized carbons (Fsp3) is 0.591. The molecule has 1 N–H and O–H groups in total. The Bertz CT molecular complexity index is 552. The minimum Gasteiger partial charge on any atom is -0.459 e. The number of rotatable bonds is 7. The highest BCUT2D eigenvalue weighted by molar-refractivity contribution is 5.82. The van der Waals surface area contributed by atoms with Gasteiger partial charge in [0.1, 0.15) is 6.10 Å². The van der Waals surface area contributed by atoms with Gasteiger partial charge in [0.15, 0.2) is 0 Å². The summed E-state index contributed by atoms with van der Waals surface area (Å²) in [4.78, 5) is 12.2. The van der Waals surface area contributed by atoms with E-state index < -0.39 is 0 Å². The number of carbonyl (C=O) groups is 1. The molecule has 3 unspecified atom stereocenters. The highest BCUT2D eigenvalue weighted by atomic mass is 16.5. The minimum atomic E-state index is -0.210. The molecule has 0 saturated heterocycles. The molecule has 0 aromatic heterocycles. The normalized spacial score (nSPS) is 25.2. The zero-order valence-electron chi connectivity index (χ0n) is 16.1. The summed E-state index contributed by atoms with van der Waals surface area (Å²) in [6, 6.07) is 10.4. The van der Waals surface area contributed by atoms with E-state index in [1.807, 2.05) is 31.2 Å². The number of ether oxygens (including phenoxy) is 1. The van der Waals surface area contributed by atoms with Gasteiger partial charge in [-0.3, -0.25) is 0 Å². The number of hydrogen-bond acceptors (Lipinski definition) is 3. The van der Waals surface area contributed by atoms with Gasteiger partial charge in [0.25, 0.3) is 0 Å². The van der Waals surface area contributed by atoms with E-state index in [1.54, 1.807) is 6.08 Å². The van der Waals surface area contributed by atoms with Crippen molar-refractivity contribution in [3.05, 3.63) is 48.0 Å². The van der Waals surface area contributed by atoms with Crippen LogP contribution in [0.5, 0.6) is 0 Å². The molecular formula is C22H33NO2. The van der Waals surface area contributed by atoms with E-state index in [0.29, 0.717) is 17.8 Å². The van der Waals surface area contributed by atoms with Gasteiger partial charge in [-0.1, -0.05) is 63.6 Å².